The number of carbonyl (C=O) groups is 1. The average Bonchev–Trinajstić information content (AvgIpc) is 2.77. The molecule has 122 valence electrons. The number of nitrogens with one attached hydrogen (secondary N) is 1. The Labute approximate surface area is 145 Å². The lowest BCUT2D eigenvalue weighted by molar-refractivity contribution is -0.120. The first-order valence-corrected chi connectivity index (χ1v) is 9.30. The lowest BCUT2D eigenvalue weighted by Crippen LogP contribution is -2.33. The van der Waals surface area contributed by atoms with Gasteiger partial charge in [0.1, 0.15) is 4.33 Å². The standard InChI is InChI=1S/C15H21Cl2N3OS/c1-10-4-3-5-20(6-10)7-11-8-22-13(18-11)19-12(21)14(2)9-15(14,16)17/h8,10H,3-7,9H2,1-2H3,(H,18,19,21)/t10-,14-/m0/s1. The fourth-order valence-electron chi connectivity index (χ4n) is 2.98. The van der Waals surface area contributed by atoms with Crippen molar-refractivity contribution >= 4 is 45.6 Å². The number of alkyl halides is 2. The van der Waals surface area contributed by atoms with Gasteiger partial charge >= 0.3 is 0 Å². The quantitative estimate of drug-likeness (QED) is 0.827. The Morgan fingerprint density at radius 1 is 1.59 bits per heavy atom. The first-order valence-electron chi connectivity index (χ1n) is 7.66. The predicted octanol–water partition coefficient (Wildman–Crippen LogP) is 3.90. The molecule has 2 heterocycles. The van der Waals surface area contributed by atoms with Gasteiger partial charge in [-0.2, -0.15) is 0 Å². The summed E-state index contributed by atoms with van der Waals surface area (Å²) in [4.78, 5) is 19.2. The summed E-state index contributed by atoms with van der Waals surface area (Å²) in [6.07, 6.45) is 3.05. The van der Waals surface area contributed by atoms with Crippen molar-refractivity contribution in [3.05, 3.63) is 11.1 Å². The molecule has 3 rings (SSSR count). The Balaban J connectivity index is 1.56. The molecule has 1 aromatic heterocycles. The van der Waals surface area contributed by atoms with Crippen LogP contribution < -0.4 is 5.32 Å². The molecular weight excluding hydrogens is 341 g/mol. The smallest absolute Gasteiger partial charge is 0.235 e. The molecule has 0 spiro atoms. The maximum Gasteiger partial charge on any atom is 0.235 e. The fourth-order valence-corrected chi connectivity index (χ4v) is 4.38. The number of thiazole rings is 1. The second-order valence-electron chi connectivity index (χ2n) is 6.79. The monoisotopic (exact) mass is 361 g/mol. The maximum absolute atomic E-state index is 12.2. The fraction of sp³-hybridized carbons (Fsp3) is 0.733. The Bertz CT molecular complexity index is 577. The molecule has 2 aliphatic rings. The number of anilines is 1. The molecule has 4 nitrogen and oxygen atoms in total. The van der Waals surface area contributed by atoms with Gasteiger partial charge in [-0.3, -0.25) is 9.69 Å². The lowest BCUT2D eigenvalue weighted by Gasteiger charge is -2.30. The predicted molar refractivity (Wildman–Crippen MR) is 91.6 cm³/mol. The zero-order valence-corrected chi connectivity index (χ0v) is 15.2. The molecule has 0 unspecified atom stereocenters. The average molecular weight is 362 g/mol. The highest BCUT2D eigenvalue weighted by atomic mass is 35.5. The highest BCUT2D eigenvalue weighted by Gasteiger charge is 2.68. The van der Waals surface area contributed by atoms with E-state index < -0.39 is 9.75 Å². The largest absolute Gasteiger partial charge is 0.301 e. The van der Waals surface area contributed by atoms with Crippen LogP contribution in [0.4, 0.5) is 5.13 Å². The summed E-state index contributed by atoms with van der Waals surface area (Å²) in [5, 5.41) is 5.49. The van der Waals surface area contributed by atoms with E-state index in [9.17, 15) is 4.79 Å². The van der Waals surface area contributed by atoms with Crippen LogP contribution in [0, 0.1) is 11.3 Å². The van der Waals surface area contributed by atoms with Gasteiger partial charge in [0.05, 0.1) is 11.1 Å². The van der Waals surface area contributed by atoms with E-state index >= 15 is 0 Å². The number of nitrogens with zero attached hydrogens (tertiary/aromatic N) is 2. The molecule has 0 aromatic carbocycles. The molecule has 1 aliphatic heterocycles. The summed E-state index contributed by atoms with van der Waals surface area (Å²) in [6.45, 7) is 7.18. The normalized spacial score (nSPS) is 31.0. The van der Waals surface area contributed by atoms with E-state index in [4.69, 9.17) is 23.2 Å². The molecule has 0 radical (unpaired) electrons. The first kappa shape index (κ1) is 16.5. The third-order valence-corrected chi connectivity index (χ3v) is 6.57. The molecule has 0 bridgehead atoms. The van der Waals surface area contributed by atoms with Gasteiger partial charge in [-0.25, -0.2) is 4.98 Å². The molecule has 1 aliphatic carbocycles. The van der Waals surface area contributed by atoms with Crippen molar-refractivity contribution in [3.8, 4) is 0 Å². The van der Waals surface area contributed by atoms with Gasteiger partial charge in [0.2, 0.25) is 5.91 Å². The summed E-state index contributed by atoms with van der Waals surface area (Å²) in [6, 6.07) is 0. The van der Waals surface area contributed by atoms with Crippen LogP contribution >= 0.6 is 34.5 Å². The van der Waals surface area contributed by atoms with E-state index in [1.165, 1.54) is 24.2 Å². The molecule has 1 aromatic rings. The van der Waals surface area contributed by atoms with Crippen molar-refractivity contribution in [2.75, 3.05) is 18.4 Å². The van der Waals surface area contributed by atoms with Crippen molar-refractivity contribution in [1.82, 2.24) is 9.88 Å². The first-order chi connectivity index (χ1) is 10.3. The summed E-state index contributed by atoms with van der Waals surface area (Å²) in [7, 11) is 0. The highest BCUT2D eigenvalue weighted by molar-refractivity contribution is 7.13. The summed E-state index contributed by atoms with van der Waals surface area (Å²) >= 11 is 13.5. The van der Waals surface area contributed by atoms with Crippen LogP contribution in [0.1, 0.15) is 38.8 Å². The number of rotatable bonds is 4. The number of amides is 1. The van der Waals surface area contributed by atoms with Gasteiger partial charge < -0.3 is 5.32 Å². The zero-order chi connectivity index (χ0) is 16.0. The molecule has 2 atom stereocenters. The van der Waals surface area contributed by atoms with Crippen molar-refractivity contribution in [3.63, 3.8) is 0 Å². The summed E-state index contributed by atoms with van der Waals surface area (Å²) in [5.74, 6) is 0.604. The van der Waals surface area contributed by atoms with E-state index in [1.54, 1.807) is 6.92 Å². The van der Waals surface area contributed by atoms with E-state index in [0.29, 0.717) is 11.6 Å². The van der Waals surface area contributed by atoms with Gasteiger partial charge in [-0.05, 0) is 38.6 Å². The molecule has 1 N–H and O–H groups in total. The number of hydrogen-bond donors (Lipinski definition) is 1. The van der Waals surface area contributed by atoms with Gasteiger partial charge in [0.15, 0.2) is 5.13 Å². The van der Waals surface area contributed by atoms with Crippen LogP contribution in [-0.2, 0) is 11.3 Å². The number of halogens is 2. The van der Waals surface area contributed by atoms with Crippen LogP contribution in [0.2, 0.25) is 0 Å². The third kappa shape index (κ3) is 3.28. The number of carbonyl (C=O) groups excluding carboxylic acids is 1. The summed E-state index contributed by atoms with van der Waals surface area (Å²) < 4.78 is -0.943. The zero-order valence-electron chi connectivity index (χ0n) is 12.9. The van der Waals surface area contributed by atoms with Crippen LogP contribution in [0.25, 0.3) is 0 Å². The minimum absolute atomic E-state index is 0.148. The van der Waals surface area contributed by atoms with Crippen molar-refractivity contribution in [2.45, 2.75) is 44.0 Å². The molecule has 1 amide bonds. The lowest BCUT2D eigenvalue weighted by atomic mass is 10.0. The molecule has 22 heavy (non-hydrogen) atoms. The molecule has 7 heteroatoms. The topological polar surface area (TPSA) is 45.2 Å². The maximum atomic E-state index is 12.2. The minimum atomic E-state index is -0.943. The number of hydrogen-bond acceptors (Lipinski definition) is 4. The number of likely N-dealkylation sites (tertiary alicyclic amines) is 1. The van der Waals surface area contributed by atoms with Gasteiger partial charge in [-0.15, -0.1) is 34.5 Å². The number of aromatic nitrogens is 1. The molecule has 1 saturated heterocycles. The van der Waals surface area contributed by atoms with E-state index in [1.807, 2.05) is 5.38 Å². The van der Waals surface area contributed by atoms with E-state index in [0.717, 1.165) is 31.2 Å². The van der Waals surface area contributed by atoms with Gasteiger partial charge in [0.25, 0.3) is 0 Å². The van der Waals surface area contributed by atoms with Crippen molar-refractivity contribution < 1.29 is 4.79 Å². The highest BCUT2D eigenvalue weighted by Crippen LogP contribution is 2.64. The van der Waals surface area contributed by atoms with Gasteiger partial charge in [-0.1, -0.05) is 6.92 Å². The van der Waals surface area contributed by atoms with E-state index in [2.05, 4.69) is 22.1 Å². The van der Waals surface area contributed by atoms with Crippen molar-refractivity contribution in [1.29, 1.82) is 0 Å². The second-order valence-corrected chi connectivity index (χ2v) is 9.14. The summed E-state index contributed by atoms with van der Waals surface area (Å²) in [5.41, 5.74) is 0.308. The Hall–Kier alpha value is -0.360. The Kier molecular flexibility index (Phi) is 4.45. The van der Waals surface area contributed by atoms with Crippen LogP contribution in [0.5, 0.6) is 0 Å². The van der Waals surface area contributed by atoms with E-state index in [-0.39, 0.29) is 5.91 Å². The minimum Gasteiger partial charge on any atom is -0.301 e. The van der Waals surface area contributed by atoms with Crippen LogP contribution in [0.3, 0.4) is 0 Å². The molecule has 2 fully saturated rings. The number of piperidine rings is 1. The van der Waals surface area contributed by atoms with Gasteiger partial charge in [0, 0.05) is 18.5 Å². The van der Waals surface area contributed by atoms with Crippen LogP contribution in [-0.4, -0.2) is 33.2 Å². The SMILES string of the molecule is C[C@H]1CCCN(Cc2csc(NC(=O)[C@]3(C)CC3(Cl)Cl)n2)C1. The third-order valence-electron chi connectivity index (χ3n) is 4.66. The van der Waals surface area contributed by atoms with Crippen molar-refractivity contribution in [2.24, 2.45) is 11.3 Å². The second kappa shape index (κ2) is 5.93. The molecule has 1 saturated carbocycles. The Morgan fingerprint density at radius 3 is 2.95 bits per heavy atom. The molecular formula is C15H21Cl2N3OS. The Morgan fingerprint density at radius 2 is 2.32 bits per heavy atom. The van der Waals surface area contributed by atoms with Crippen LogP contribution in [0.15, 0.2) is 5.38 Å².